The van der Waals surface area contributed by atoms with Crippen molar-refractivity contribution in [3.8, 4) is 0 Å². The lowest BCUT2D eigenvalue weighted by atomic mass is 10.1. The Hall–Kier alpha value is -2.91. The fraction of sp³-hybridized carbons (Fsp3) is 0.333. The Kier molecular flexibility index (Phi) is 6.73. The van der Waals surface area contributed by atoms with Crippen LogP contribution in [-0.4, -0.2) is 47.8 Å². The van der Waals surface area contributed by atoms with Gasteiger partial charge >= 0.3 is 0 Å². The Morgan fingerprint density at radius 1 is 1.13 bits per heavy atom. The highest BCUT2D eigenvalue weighted by atomic mass is 32.2. The fourth-order valence-corrected chi connectivity index (χ4v) is 4.86. The van der Waals surface area contributed by atoms with E-state index < -0.39 is 15.6 Å². The van der Waals surface area contributed by atoms with E-state index in [9.17, 15) is 18.0 Å². The summed E-state index contributed by atoms with van der Waals surface area (Å²) in [5.41, 5.74) is 1.70. The Balaban J connectivity index is 1.65. The maximum Gasteiger partial charge on any atom is 0.251 e. The lowest BCUT2D eigenvalue weighted by Gasteiger charge is -2.19. The molecule has 3 rings (SSSR count). The summed E-state index contributed by atoms with van der Waals surface area (Å²) in [7, 11) is -3.71. The topological polar surface area (TPSA) is 104 Å². The molecule has 160 valence electrons. The third kappa shape index (κ3) is 4.63. The van der Waals surface area contributed by atoms with Crippen LogP contribution in [-0.2, 0) is 27.8 Å². The van der Waals surface area contributed by atoms with E-state index in [-0.39, 0.29) is 17.3 Å². The highest BCUT2D eigenvalue weighted by Crippen LogP contribution is 2.17. The second kappa shape index (κ2) is 9.27. The van der Waals surface area contributed by atoms with Gasteiger partial charge in [-0.3, -0.25) is 9.59 Å². The number of H-pyrrole nitrogens is 1. The summed E-state index contributed by atoms with van der Waals surface area (Å²) in [5.74, 6) is -0.352. The molecule has 0 saturated carbocycles. The SMILES string of the molecule is CCN(CC)S(=O)(=O)c1ccc(=O)n(CC(=O)NCCc2c[nH]c3ccccc23)c1. The number of pyridine rings is 1. The predicted octanol–water partition coefficient (Wildman–Crippen LogP) is 1.72. The van der Waals surface area contributed by atoms with Gasteiger partial charge in [0.1, 0.15) is 6.54 Å². The smallest absolute Gasteiger partial charge is 0.251 e. The second-order valence-electron chi connectivity index (χ2n) is 6.88. The van der Waals surface area contributed by atoms with E-state index in [1.807, 2.05) is 30.5 Å². The molecule has 30 heavy (non-hydrogen) atoms. The van der Waals surface area contributed by atoms with Gasteiger partial charge in [0, 0.05) is 49.0 Å². The van der Waals surface area contributed by atoms with Crippen molar-refractivity contribution < 1.29 is 13.2 Å². The predicted molar refractivity (Wildman–Crippen MR) is 116 cm³/mol. The van der Waals surface area contributed by atoms with E-state index in [1.54, 1.807) is 13.8 Å². The number of benzene rings is 1. The number of para-hydroxylation sites is 1. The van der Waals surface area contributed by atoms with E-state index in [0.29, 0.717) is 26.1 Å². The molecular weight excluding hydrogens is 404 g/mol. The lowest BCUT2D eigenvalue weighted by Crippen LogP contribution is -2.35. The molecule has 0 atom stereocenters. The number of sulfonamides is 1. The summed E-state index contributed by atoms with van der Waals surface area (Å²) in [6.45, 7) is 4.32. The minimum atomic E-state index is -3.71. The number of nitrogens with one attached hydrogen (secondary N) is 2. The van der Waals surface area contributed by atoms with Crippen molar-refractivity contribution in [2.24, 2.45) is 0 Å². The largest absolute Gasteiger partial charge is 0.361 e. The van der Waals surface area contributed by atoms with Gasteiger partial charge in [-0.25, -0.2) is 8.42 Å². The van der Waals surface area contributed by atoms with Crippen molar-refractivity contribution in [3.05, 3.63) is 64.7 Å². The molecule has 2 N–H and O–H groups in total. The van der Waals surface area contributed by atoms with E-state index in [2.05, 4.69) is 10.3 Å². The number of carbonyl (C=O) groups is 1. The normalized spacial score (nSPS) is 11.8. The van der Waals surface area contributed by atoms with Crippen LogP contribution in [0.4, 0.5) is 0 Å². The number of carbonyl (C=O) groups excluding carboxylic acids is 1. The number of hydrogen-bond acceptors (Lipinski definition) is 4. The van der Waals surface area contributed by atoms with E-state index in [1.165, 1.54) is 22.6 Å². The van der Waals surface area contributed by atoms with Crippen LogP contribution < -0.4 is 10.9 Å². The van der Waals surface area contributed by atoms with Gasteiger partial charge in [0.15, 0.2) is 0 Å². The third-order valence-corrected chi connectivity index (χ3v) is 7.04. The van der Waals surface area contributed by atoms with Gasteiger partial charge in [-0.1, -0.05) is 32.0 Å². The number of aromatic amines is 1. The maximum atomic E-state index is 12.7. The van der Waals surface area contributed by atoms with Crippen LogP contribution in [0.25, 0.3) is 10.9 Å². The van der Waals surface area contributed by atoms with Gasteiger partial charge in [0.2, 0.25) is 15.9 Å². The summed E-state index contributed by atoms with van der Waals surface area (Å²) >= 11 is 0. The van der Waals surface area contributed by atoms with E-state index >= 15 is 0 Å². The van der Waals surface area contributed by atoms with Gasteiger partial charge in [-0.2, -0.15) is 4.31 Å². The first-order valence-electron chi connectivity index (χ1n) is 9.89. The Labute approximate surface area is 175 Å². The van der Waals surface area contributed by atoms with Gasteiger partial charge in [0.05, 0.1) is 4.90 Å². The molecule has 0 aliphatic carbocycles. The molecule has 0 radical (unpaired) electrons. The lowest BCUT2D eigenvalue weighted by molar-refractivity contribution is -0.121. The highest BCUT2D eigenvalue weighted by molar-refractivity contribution is 7.89. The van der Waals surface area contributed by atoms with Crippen LogP contribution in [0.5, 0.6) is 0 Å². The van der Waals surface area contributed by atoms with Crippen LogP contribution in [0.1, 0.15) is 19.4 Å². The van der Waals surface area contributed by atoms with Crippen LogP contribution in [0, 0.1) is 0 Å². The van der Waals surface area contributed by atoms with Gasteiger partial charge in [0.25, 0.3) is 5.56 Å². The minimum absolute atomic E-state index is 0.00241. The van der Waals surface area contributed by atoms with Crippen molar-refractivity contribution in [2.75, 3.05) is 19.6 Å². The highest BCUT2D eigenvalue weighted by Gasteiger charge is 2.22. The zero-order valence-electron chi connectivity index (χ0n) is 17.1. The van der Waals surface area contributed by atoms with Crippen LogP contribution in [0.15, 0.2) is 58.5 Å². The number of fused-ring (bicyclic) bond motifs is 1. The fourth-order valence-electron chi connectivity index (χ4n) is 3.38. The average molecular weight is 431 g/mol. The van der Waals surface area contributed by atoms with Gasteiger partial charge in [-0.15, -0.1) is 0 Å². The van der Waals surface area contributed by atoms with Crippen molar-refractivity contribution in [1.29, 1.82) is 0 Å². The maximum absolute atomic E-state index is 12.7. The zero-order valence-corrected chi connectivity index (χ0v) is 17.9. The number of hydrogen-bond donors (Lipinski definition) is 2. The summed E-state index contributed by atoms with van der Waals surface area (Å²) in [6.07, 6.45) is 3.79. The van der Waals surface area contributed by atoms with Crippen LogP contribution >= 0.6 is 0 Å². The molecule has 0 bridgehead atoms. The molecule has 0 fully saturated rings. The second-order valence-corrected chi connectivity index (χ2v) is 8.82. The first-order chi connectivity index (χ1) is 14.4. The Bertz CT molecular complexity index is 1190. The molecule has 9 heteroatoms. The van der Waals surface area contributed by atoms with Crippen LogP contribution in [0.3, 0.4) is 0 Å². The van der Waals surface area contributed by atoms with Gasteiger partial charge in [-0.05, 0) is 24.1 Å². The first-order valence-corrected chi connectivity index (χ1v) is 11.3. The zero-order chi connectivity index (χ0) is 21.7. The summed E-state index contributed by atoms with van der Waals surface area (Å²) in [6, 6.07) is 10.4. The molecule has 0 unspecified atom stereocenters. The summed E-state index contributed by atoms with van der Waals surface area (Å²) in [5, 5.41) is 3.90. The van der Waals surface area contributed by atoms with Crippen molar-refractivity contribution >= 4 is 26.8 Å². The third-order valence-electron chi connectivity index (χ3n) is 5.00. The van der Waals surface area contributed by atoms with E-state index in [0.717, 1.165) is 21.0 Å². The molecule has 1 aromatic carbocycles. The molecule has 0 saturated heterocycles. The molecule has 8 nitrogen and oxygen atoms in total. The molecular formula is C21H26N4O4S. The standard InChI is InChI=1S/C21H26N4O4S/c1-3-25(4-2)30(28,29)17-9-10-21(27)24(14-17)15-20(26)22-12-11-16-13-23-19-8-6-5-7-18(16)19/h5-10,13-14,23H,3-4,11-12,15H2,1-2H3,(H,22,26). The minimum Gasteiger partial charge on any atom is -0.361 e. The monoisotopic (exact) mass is 430 g/mol. The number of nitrogens with zero attached hydrogens (tertiary/aromatic N) is 2. The molecule has 1 amide bonds. The Morgan fingerprint density at radius 3 is 2.60 bits per heavy atom. The number of aromatic nitrogens is 2. The van der Waals surface area contributed by atoms with Crippen molar-refractivity contribution in [2.45, 2.75) is 31.7 Å². The first kappa shape index (κ1) is 21.8. The average Bonchev–Trinajstić information content (AvgIpc) is 3.13. The molecule has 0 spiro atoms. The molecule has 3 aromatic rings. The number of rotatable bonds is 9. The number of amides is 1. The Morgan fingerprint density at radius 2 is 1.87 bits per heavy atom. The van der Waals surface area contributed by atoms with Gasteiger partial charge < -0.3 is 14.9 Å². The van der Waals surface area contributed by atoms with Crippen molar-refractivity contribution in [1.82, 2.24) is 19.2 Å². The summed E-state index contributed by atoms with van der Waals surface area (Å²) < 4.78 is 27.7. The van der Waals surface area contributed by atoms with Crippen molar-refractivity contribution in [3.63, 3.8) is 0 Å². The summed E-state index contributed by atoms with van der Waals surface area (Å²) in [4.78, 5) is 27.6. The van der Waals surface area contributed by atoms with E-state index in [4.69, 9.17) is 0 Å². The molecule has 0 aliphatic rings. The molecule has 0 aliphatic heterocycles. The molecule has 2 heterocycles. The van der Waals surface area contributed by atoms with Crippen LogP contribution in [0.2, 0.25) is 0 Å². The molecule has 2 aromatic heterocycles. The quantitative estimate of drug-likeness (QED) is 0.539.